The van der Waals surface area contributed by atoms with Gasteiger partial charge < -0.3 is 5.32 Å². The highest BCUT2D eigenvalue weighted by atomic mass is 79.9. The Morgan fingerprint density at radius 1 is 1.47 bits per heavy atom. The molecular formula is C11H14BrN3. The lowest BCUT2D eigenvalue weighted by atomic mass is 10.3. The molecule has 2 rings (SSSR count). The van der Waals surface area contributed by atoms with Gasteiger partial charge in [-0.15, -0.1) is 0 Å². The SMILES string of the molecule is CNCCc1nc2ccc(C)cn2c1Br. The van der Waals surface area contributed by atoms with Gasteiger partial charge in [-0.3, -0.25) is 4.40 Å². The number of fused-ring (bicyclic) bond motifs is 1. The number of imidazole rings is 1. The molecule has 0 fully saturated rings. The third-order valence-corrected chi connectivity index (χ3v) is 3.23. The second-order valence-corrected chi connectivity index (χ2v) is 4.39. The van der Waals surface area contributed by atoms with Crippen LogP contribution < -0.4 is 5.32 Å². The fourth-order valence-electron chi connectivity index (χ4n) is 1.57. The van der Waals surface area contributed by atoms with Crippen LogP contribution in [0.4, 0.5) is 0 Å². The monoisotopic (exact) mass is 267 g/mol. The van der Waals surface area contributed by atoms with Gasteiger partial charge in [0.1, 0.15) is 10.3 Å². The molecule has 0 radical (unpaired) electrons. The summed E-state index contributed by atoms with van der Waals surface area (Å²) < 4.78 is 3.15. The molecule has 0 aliphatic rings. The summed E-state index contributed by atoms with van der Waals surface area (Å²) in [6, 6.07) is 4.12. The highest BCUT2D eigenvalue weighted by molar-refractivity contribution is 9.10. The van der Waals surface area contributed by atoms with E-state index in [0.29, 0.717) is 0 Å². The Kier molecular flexibility index (Phi) is 3.07. The fraction of sp³-hybridized carbons (Fsp3) is 0.364. The van der Waals surface area contributed by atoms with Crippen molar-refractivity contribution >= 4 is 21.6 Å². The molecule has 0 saturated heterocycles. The molecule has 2 heterocycles. The standard InChI is InChI=1S/C11H14BrN3/c1-8-3-4-10-14-9(5-6-13-2)11(12)15(10)7-8/h3-4,7,13H,5-6H2,1-2H3. The first kappa shape index (κ1) is 10.6. The average Bonchev–Trinajstić information content (AvgIpc) is 2.53. The number of nitrogens with one attached hydrogen (secondary N) is 1. The van der Waals surface area contributed by atoms with Crippen LogP contribution in [0, 0.1) is 6.92 Å². The van der Waals surface area contributed by atoms with Gasteiger partial charge in [0.15, 0.2) is 0 Å². The molecular weight excluding hydrogens is 254 g/mol. The van der Waals surface area contributed by atoms with Crippen LogP contribution in [0.25, 0.3) is 5.65 Å². The van der Waals surface area contributed by atoms with E-state index in [1.54, 1.807) is 0 Å². The number of likely N-dealkylation sites (N-methyl/N-ethyl adjacent to an activating group) is 1. The van der Waals surface area contributed by atoms with Crippen molar-refractivity contribution in [3.63, 3.8) is 0 Å². The Bertz CT molecular complexity index is 476. The van der Waals surface area contributed by atoms with Crippen LogP contribution in [0.1, 0.15) is 11.3 Å². The quantitative estimate of drug-likeness (QED) is 0.924. The second kappa shape index (κ2) is 4.33. The molecule has 0 spiro atoms. The molecule has 0 saturated carbocycles. The molecule has 0 unspecified atom stereocenters. The van der Waals surface area contributed by atoms with Crippen molar-refractivity contribution < 1.29 is 0 Å². The van der Waals surface area contributed by atoms with Gasteiger partial charge in [0.2, 0.25) is 0 Å². The van der Waals surface area contributed by atoms with E-state index >= 15 is 0 Å². The average molecular weight is 268 g/mol. The lowest BCUT2D eigenvalue weighted by Gasteiger charge is -1.98. The van der Waals surface area contributed by atoms with Gasteiger partial charge >= 0.3 is 0 Å². The number of rotatable bonds is 3. The van der Waals surface area contributed by atoms with E-state index in [1.807, 2.05) is 13.1 Å². The summed E-state index contributed by atoms with van der Waals surface area (Å²) in [5, 5.41) is 3.13. The van der Waals surface area contributed by atoms with Gasteiger partial charge in [0, 0.05) is 19.2 Å². The number of aromatic nitrogens is 2. The van der Waals surface area contributed by atoms with Crippen molar-refractivity contribution in [3.05, 3.63) is 34.2 Å². The maximum absolute atomic E-state index is 4.57. The Balaban J connectivity index is 2.45. The molecule has 0 atom stereocenters. The molecule has 0 amide bonds. The van der Waals surface area contributed by atoms with Crippen LogP contribution >= 0.6 is 15.9 Å². The molecule has 0 aliphatic heterocycles. The lowest BCUT2D eigenvalue weighted by Crippen LogP contribution is -2.10. The van der Waals surface area contributed by atoms with Crippen molar-refractivity contribution in [2.24, 2.45) is 0 Å². The number of halogens is 1. The first-order valence-corrected chi connectivity index (χ1v) is 5.79. The Labute approximate surface area is 97.6 Å². The predicted molar refractivity (Wildman–Crippen MR) is 65.3 cm³/mol. The fourth-order valence-corrected chi connectivity index (χ4v) is 2.14. The van der Waals surface area contributed by atoms with E-state index in [-0.39, 0.29) is 0 Å². The number of aryl methyl sites for hydroxylation is 1. The minimum Gasteiger partial charge on any atom is -0.319 e. The van der Waals surface area contributed by atoms with Crippen molar-refractivity contribution in [1.29, 1.82) is 0 Å². The summed E-state index contributed by atoms with van der Waals surface area (Å²) in [5.74, 6) is 0. The molecule has 2 aromatic heterocycles. The van der Waals surface area contributed by atoms with Crippen molar-refractivity contribution in [2.75, 3.05) is 13.6 Å². The van der Waals surface area contributed by atoms with Crippen LogP contribution in [-0.4, -0.2) is 23.0 Å². The minimum absolute atomic E-state index is 0.942. The highest BCUT2D eigenvalue weighted by Crippen LogP contribution is 2.19. The summed E-state index contributed by atoms with van der Waals surface area (Å²) >= 11 is 3.59. The molecule has 0 aromatic carbocycles. The minimum atomic E-state index is 0.942. The Morgan fingerprint density at radius 3 is 3.00 bits per heavy atom. The summed E-state index contributed by atoms with van der Waals surface area (Å²) in [5.41, 5.74) is 3.34. The Hall–Kier alpha value is -0.870. The zero-order chi connectivity index (χ0) is 10.8. The van der Waals surface area contributed by atoms with E-state index < -0.39 is 0 Å². The normalized spacial score (nSPS) is 11.1. The number of hydrogen-bond acceptors (Lipinski definition) is 2. The number of pyridine rings is 1. The van der Waals surface area contributed by atoms with E-state index in [1.165, 1.54) is 5.56 Å². The maximum Gasteiger partial charge on any atom is 0.137 e. The van der Waals surface area contributed by atoms with Crippen LogP contribution in [-0.2, 0) is 6.42 Å². The van der Waals surface area contributed by atoms with Crippen LogP contribution in [0.3, 0.4) is 0 Å². The van der Waals surface area contributed by atoms with Gasteiger partial charge in [0.25, 0.3) is 0 Å². The summed E-state index contributed by atoms with van der Waals surface area (Å²) in [7, 11) is 1.95. The summed E-state index contributed by atoms with van der Waals surface area (Å²) in [6.07, 6.45) is 3.03. The molecule has 2 aromatic rings. The van der Waals surface area contributed by atoms with E-state index in [2.05, 4.69) is 49.8 Å². The van der Waals surface area contributed by atoms with Crippen molar-refractivity contribution in [2.45, 2.75) is 13.3 Å². The van der Waals surface area contributed by atoms with Gasteiger partial charge in [-0.2, -0.15) is 0 Å². The first-order chi connectivity index (χ1) is 7.22. The molecule has 0 bridgehead atoms. The van der Waals surface area contributed by atoms with Crippen LogP contribution in [0.2, 0.25) is 0 Å². The van der Waals surface area contributed by atoms with E-state index in [9.17, 15) is 0 Å². The second-order valence-electron chi connectivity index (χ2n) is 3.64. The number of hydrogen-bond donors (Lipinski definition) is 1. The lowest BCUT2D eigenvalue weighted by molar-refractivity contribution is 0.777. The molecule has 15 heavy (non-hydrogen) atoms. The summed E-state index contributed by atoms with van der Waals surface area (Å²) in [6.45, 7) is 3.03. The van der Waals surface area contributed by atoms with Crippen LogP contribution in [0.5, 0.6) is 0 Å². The van der Waals surface area contributed by atoms with Gasteiger partial charge in [-0.05, 0) is 41.5 Å². The van der Waals surface area contributed by atoms with Crippen molar-refractivity contribution in [3.8, 4) is 0 Å². The topological polar surface area (TPSA) is 29.3 Å². The highest BCUT2D eigenvalue weighted by Gasteiger charge is 2.08. The third kappa shape index (κ3) is 2.06. The van der Waals surface area contributed by atoms with E-state index in [4.69, 9.17) is 0 Å². The molecule has 80 valence electrons. The molecule has 0 aliphatic carbocycles. The van der Waals surface area contributed by atoms with E-state index in [0.717, 1.165) is 28.9 Å². The maximum atomic E-state index is 4.57. The molecule has 4 heteroatoms. The zero-order valence-corrected chi connectivity index (χ0v) is 10.5. The van der Waals surface area contributed by atoms with Crippen LogP contribution in [0.15, 0.2) is 22.9 Å². The summed E-state index contributed by atoms with van der Waals surface area (Å²) in [4.78, 5) is 4.57. The smallest absolute Gasteiger partial charge is 0.137 e. The van der Waals surface area contributed by atoms with Gasteiger partial charge in [-0.25, -0.2) is 4.98 Å². The largest absolute Gasteiger partial charge is 0.319 e. The molecule has 1 N–H and O–H groups in total. The predicted octanol–water partition coefficient (Wildman–Crippen LogP) is 2.17. The van der Waals surface area contributed by atoms with Gasteiger partial charge in [-0.1, -0.05) is 6.07 Å². The van der Waals surface area contributed by atoms with Crippen molar-refractivity contribution in [1.82, 2.24) is 14.7 Å². The third-order valence-electron chi connectivity index (χ3n) is 2.39. The number of nitrogens with zero attached hydrogens (tertiary/aromatic N) is 2. The Morgan fingerprint density at radius 2 is 2.27 bits per heavy atom. The zero-order valence-electron chi connectivity index (χ0n) is 8.92. The molecule has 3 nitrogen and oxygen atoms in total. The van der Waals surface area contributed by atoms with Gasteiger partial charge in [0.05, 0.1) is 5.69 Å². The first-order valence-electron chi connectivity index (χ1n) is 5.00.